The summed E-state index contributed by atoms with van der Waals surface area (Å²) in [6.45, 7) is 17.8. The number of nitrogens with one attached hydrogen (secondary N) is 6. The maximum atomic E-state index is 10.9. The number of H-pyrrole nitrogens is 5. The number of thioether (sulfide) groups is 2. The van der Waals surface area contributed by atoms with E-state index in [4.69, 9.17) is 23.1 Å². The van der Waals surface area contributed by atoms with Gasteiger partial charge in [0.2, 0.25) is 5.78 Å². The molecule has 4 aromatic heterocycles. The normalized spacial score (nSPS) is 10.6. The second-order valence-corrected chi connectivity index (χ2v) is 13.5. The van der Waals surface area contributed by atoms with Crippen LogP contribution in [-0.2, 0) is 16.6 Å². The minimum Gasteiger partial charge on any atom is -0.476 e. The molecule has 0 radical (unpaired) electrons. The molecule has 0 saturated heterocycles. The number of rotatable bonds is 3. The molecule has 0 bridgehead atoms. The molecule has 1 aliphatic rings. The first-order valence-corrected chi connectivity index (χ1v) is 19.4. The van der Waals surface area contributed by atoms with Crippen LogP contribution in [0, 0.1) is 32.3 Å². The lowest BCUT2D eigenvalue weighted by atomic mass is 9.93. The van der Waals surface area contributed by atoms with E-state index in [1.165, 1.54) is 51.8 Å². The van der Waals surface area contributed by atoms with Gasteiger partial charge in [0.1, 0.15) is 20.4 Å². The molecule has 5 rings (SSSR count). The van der Waals surface area contributed by atoms with E-state index in [1.54, 1.807) is 20.9 Å². The zero-order valence-electron chi connectivity index (χ0n) is 33.6. The third-order valence-electron chi connectivity index (χ3n) is 6.23. The number of aromatic nitrogens is 12. The number of Topliss-reactive ketones (excluding diaryl/α,β-unsaturated/α-hetero) is 1. The number of carboxylic acids is 1. The van der Waals surface area contributed by atoms with Crippen LogP contribution in [0.25, 0.3) is 0 Å². The lowest BCUT2D eigenvalue weighted by Gasteiger charge is -2.13. The Kier molecular flexibility index (Phi) is 30.1. The molecule has 1 aliphatic carbocycles. The van der Waals surface area contributed by atoms with Gasteiger partial charge >= 0.3 is 28.7 Å². The topological polar surface area (TPSA) is 365 Å². The fourth-order valence-electron chi connectivity index (χ4n) is 3.08. The van der Waals surface area contributed by atoms with Gasteiger partial charge in [0.25, 0.3) is 5.56 Å². The van der Waals surface area contributed by atoms with E-state index in [2.05, 4.69) is 94.9 Å². The maximum Gasteiger partial charge on any atom is 0.371 e. The van der Waals surface area contributed by atoms with Crippen molar-refractivity contribution in [1.82, 2.24) is 65.7 Å². The third kappa shape index (κ3) is 26.1. The first-order valence-electron chi connectivity index (χ1n) is 16.2. The fraction of sp³-hybridized carbons (Fsp3) is 0.364. The van der Waals surface area contributed by atoms with Gasteiger partial charge in [0, 0.05) is 14.0 Å². The monoisotopic (exact) mass is 913 g/mol. The highest BCUT2D eigenvalue weighted by atomic mass is 32.2. The molecule has 4 aromatic rings. The SMILES string of the molecule is C.C=C1CC=C(C)C(=C)C1.CC(=O)C(=O)O.CSc1nc(=O)[nH]nc1C.CSc1nc(=O)n(C)nc1C.Cc1n[nH]c(=O)[nH]c1=O.Cc1n[nH]c(=O)[nH]c1=S.NNC(N)=S. The van der Waals surface area contributed by atoms with Crippen LogP contribution in [0.1, 0.15) is 56.9 Å². The van der Waals surface area contributed by atoms with Gasteiger partial charge in [-0.3, -0.25) is 19.6 Å². The predicted molar refractivity (Wildman–Crippen MR) is 238 cm³/mol. The second-order valence-electron chi connectivity index (χ2n) is 11.0. The number of nitrogens with two attached hydrogens (primary N) is 2. The first-order chi connectivity index (χ1) is 27.4. The number of thiocarbonyl (C=S) groups is 1. The van der Waals surface area contributed by atoms with Crippen LogP contribution in [0.2, 0.25) is 0 Å². The Bertz CT molecular complexity index is 2380. The van der Waals surface area contributed by atoms with Gasteiger partial charge in [-0.1, -0.05) is 50.0 Å². The third-order valence-corrected chi connectivity index (χ3v) is 8.29. The number of carboxylic acid groups (broad SMARTS) is 1. The molecule has 4 heterocycles. The Morgan fingerprint density at radius 3 is 1.70 bits per heavy atom. The lowest BCUT2D eigenvalue weighted by Crippen LogP contribution is -2.34. The number of carbonyl (C=O) groups is 2. The van der Waals surface area contributed by atoms with E-state index in [9.17, 15) is 33.6 Å². The van der Waals surface area contributed by atoms with E-state index in [1.807, 2.05) is 29.8 Å². The van der Waals surface area contributed by atoms with E-state index < -0.39 is 28.7 Å². The van der Waals surface area contributed by atoms with Gasteiger partial charge < -0.3 is 16.3 Å². The molecular formula is C33H51N15O8S4. The summed E-state index contributed by atoms with van der Waals surface area (Å²) in [5.41, 5.74) is 11.0. The molecule has 0 atom stereocenters. The number of allylic oxidation sites excluding steroid dienone is 4. The number of carbonyl (C=O) groups excluding carboxylic acids is 1. The highest BCUT2D eigenvalue weighted by Crippen LogP contribution is 2.24. The Labute approximate surface area is 362 Å². The highest BCUT2D eigenvalue weighted by molar-refractivity contribution is 7.98. The average molecular weight is 914 g/mol. The number of aromatic amines is 5. The number of nitrogens with zero attached hydrogens (tertiary/aromatic N) is 7. The maximum absolute atomic E-state index is 10.9. The fourth-order valence-corrected chi connectivity index (χ4v) is 4.24. The summed E-state index contributed by atoms with van der Waals surface area (Å²) in [5, 5.41) is 30.4. The Balaban J connectivity index is -0.000000638. The van der Waals surface area contributed by atoms with Gasteiger partial charge in [-0.25, -0.2) is 49.8 Å². The number of aryl methyl sites for hydroxylation is 5. The standard InChI is InChI=1S/C9H12.C6H9N3OS.C5H7N3OS.C4H5N3O2.C4H5N3OS.C3H4O3.CH5N3S.CH4/c1-7-4-5-8(2)9(3)6-7;1-4-5(11-3)7-6(10)9(2)8-4;1-3-4(10-2)6-5(9)8-7-3;1-2-3(8)5-4(9)7-6-2;1-2-3(9)5-4(8)7-6-2;1-2(4)3(5)6;2-1(5)4-3;/h5H,1,3-4,6H2,2H3;1-3H3;1-2H3,(H,6,8,9);2*1H3,(H2,5,7,8,9);1H3,(H,5,6);3H2,(H3,2,4,5);1H4. The number of aliphatic carboxylic acids is 1. The van der Waals surface area contributed by atoms with Crippen LogP contribution in [0.3, 0.4) is 0 Å². The minimum atomic E-state index is -1.38. The van der Waals surface area contributed by atoms with Gasteiger partial charge in [-0.05, 0) is 77.8 Å². The van der Waals surface area contributed by atoms with Crippen molar-refractivity contribution in [2.75, 3.05) is 12.5 Å². The summed E-state index contributed by atoms with van der Waals surface area (Å²) in [4.78, 5) is 83.4. The number of hydrogen-bond donors (Lipinski definition) is 9. The number of ketones is 1. The lowest BCUT2D eigenvalue weighted by molar-refractivity contribution is -0.148. The molecule has 11 N–H and O–H groups in total. The summed E-state index contributed by atoms with van der Waals surface area (Å²) < 4.78 is 1.62. The van der Waals surface area contributed by atoms with Crippen molar-refractivity contribution >= 4 is 64.8 Å². The summed E-state index contributed by atoms with van der Waals surface area (Å²) in [6, 6.07) is 0. The molecule has 27 heteroatoms. The summed E-state index contributed by atoms with van der Waals surface area (Å²) in [5.74, 6) is 2.45. The van der Waals surface area contributed by atoms with E-state index >= 15 is 0 Å². The molecule has 0 aromatic carbocycles. The largest absolute Gasteiger partial charge is 0.476 e. The number of hydrazine groups is 1. The molecular weight excluding hydrogens is 863 g/mol. The van der Waals surface area contributed by atoms with Crippen molar-refractivity contribution in [3.8, 4) is 0 Å². The van der Waals surface area contributed by atoms with Crippen molar-refractivity contribution in [1.29, 1.82) is 0 Å². The second kappa shape index (κ2) is 31.0. The van der Waals surface area contributed by atoms with Crippen LogP contribution in [0.4, 0.5) is 0 Å². The highest BCUT2D eigenvalue weighted by Gasteiger charge is 2.05. The van der Waals surface area contributed by atoms with Crippen LogP contribution < -0.4 is 45.3 Å². The van der Waals surface area contributed by atoms with Crippen molar-refractivity contribution in [3.63, 3.8) is 0 Å². The molecule has 0 fully saturated rings. The Morgan fingerprint density at radius 1 is 0.867 bits per heavy atom. The van der Waals surface area contributed by atoms with Crippen molar-refractivity contribution in [3.05, 3.63) is 116 Å². The average Bonchev–Trinajstić information content (AvgIpc) is 3.17. The zero-order chi connectivity index (χ0) is 46.0. The minimum absolute atomic E-state index is 0. The molecule has 60 heavy (non-hydrogen) atoms. The van der Waals surface area contributed by atoms with E-state index in [0.29, 0.717) is 20.4 Å². The molecule has 0 spiro atoms. The summed E-state index contributed by atoms with van der Waals surface area (Å²) in [7, 11) is 1.59. The van der Waals surface area contributed by atoms with Crippen LogP contribution >= 0.6 is 48.0 Å². The first kappa shape index (κ1) is 58.3. The van der Waals surface area contributed by atoms with Gasteiger partial charge in [-0.15, -0.1) is 23.5 Å². The van der Waals surface area contributed by atoms with E-state index in [-0.39, 0.29) is 29.6 Å². The van der Waals surface area contributed by atoms with Crippen LogP contribution in [-0.4, -0.2) is 94.8 Å². The Hall–Kier alpha value is -6.03. The van der Waals surface area contributed by atoms with Crippen LogP contribution in [0.15, 0.2) is 70.0 Å². The Morgan fingerprint density at radius 2 is 1.33 bits per heavy atom. The van der Waals surface area contributed by atoms with Crippen molar-refractivity contribution < 1.29 is 14.7 Å². The quantitative estimate of drug-likeness (QED) is 0.0347. The van der Waals surface area contributed by atoms with Gasteiger partial charge in [0.05, 0.1) is 17.1 Å². The molecule has 0 amide bonds. The van der Waals surface area contributed by atoms with Crippen molar-refractivity contribution in [2.45, 2.75) is 71.9 Å². The van der Waals surface area contributed by atoms with Gasteiger partial charge in [0.15, 0.2) is 5.11 Å². The number of hydrogen-bond acceptors (Lipinski definition) is 18. The summed E-state index contributed by atoms with van der Waals surface area (Å²) >= 11 is 11.8. The van der Waals surface area contributed by atoms with Gasteiger partial charge in [-0.2, -0.15) is 30.4 Å². The molecule has 330 valence electrons. The molecule has 0 saturated carbocycles. The predicted octanol–water partition coefficient (Wildman–Crippen LogP) is 1.13. The smallest absolute Gasteiger partial charge is 0.371 e. The molecule has 0 aliphatic heterocycles. The summed E-state index contributed by atoms with van der Waals surface area (Å²) in [6.07, 6.45) is 7.97. The van der Waals surface area contributed by atoms with E-state index in [0.717, 1.165) is 31.2 Å². The van der Waals surface area contributed by atoms with Crippen molar-refractivity contribution in [2.24, 2.45) is 18.6 Å². The molecule has 23 nitrogen and oxygen atoms in total. The zero-order valence-corrected chi connectivity index (χ0v) is 36.9. The molecule has 0 unspecified atom stereocenters. The van der Waals surface area contributed by atoms with Crippen LogP contribution in [0.5, 0.6) is 0 Å².